The molecule has 0 aliphatic heterocycles. The minimum Gasteiger partial charge on any atom is -0.494 e. The molecule has 0 radical (unpaired) electrons. The maximum atomic E-state index is 11.4. The number of ether oxygens (including phenoxy) is 1. The van der Waals surface area contributed by atoms with Gasteiger partial charge in [-0.05, 0) is 38.5 Å². The van der Waals surface area contributed by atoms with E-state index in [9.17, 15) is 9.59 Å². The Morgan fingerprint density at radius 2 is 2.05 bits per heavy atom. The highest BCUT2D eigenvalue weighted by Gasteiger charge is 2.17. The maximum absolute atomic E-state index is 11.4. The van der Waals surface area contributed by atoms with Crippen LogP contribution in [0, 0.1) is 0 Å². The first-order chi connectivity index (χ1) is 9.49. The molecule has 1 aromatic rings. The van der Waals surface area contributed by atoms with E-state index in [-0.39, 0.29) is 5.78 Å². The van der Waals surface area contributed by atoms with Gasteiger partial charge >= 0.3 is 5.97 Å². The van der Waals surface area contributed by atoms with Gasteiger partial charge in [-0.1, -0.05) is 6.92 Å². The van der Waals surface area contributed by atoms with Crippen molar-refractivity contribution in [3.63, 3.8) is 0 Å². The van der Waals surface area contributed by atoms with Gasteiger partial charge in [0.05, 0.1) is 6.61 Å². The average molecular weight is 296 g/mol. The van der Waals surface area contributed by atoms with Crippen LogP contribution in [0.15, 0.2) is 18.2 Å². The molecule has 0 amide bonds. The summed E-state index contributed by atoms with van der Waals surface area (Å²) in [5.74, 6) is 0.411. The smallest absolute Gasteiger partial charge is 0.316 e. The molecule has 5 heteroatoms. The Bertz CT molecular complexity index is 485. The highest BCUT2D eigenvalue weighted by Crippen LogP contribution is 2.28. The zero-order chi connectivity index (χ0) is 15.1. The minimum atomic E-state index is -0.807. The van der Waals surface area contributed by atoms with E-state index in [0.29, 0.717) is 30.1 Å². The summed E-state index contributed by atoms with van der Waals surface area (Å²) in [5.41, 5.74) is 1.48. The second-order valence-corrected chi connectivity index (χ2v) is 5.55. The van der Waals surface area contributed by atoms with Crippen molar-refractivity contribution in [2.75, 3.05) is 6.61 Å². The van der Waals surface area contributed by atoms with Crippen molar-refractivity contribution >= 4 is 23.5 Å². The molecule has 1 atom stereocenters. The summed E-state index contributed by atoms with van der Waals surface area (Å²) in [6, 6.07) is 5.29. The number of hydrogen-bond donors (Lipinski definition) is 1. The average Bonchev–Trinajstić information content (AvgIpc) is 2.40. The number of hydrogen-bond acceptors (Lipinski definition) is 4. The third-order valence-electron chi connectivity index (χ3n) is 2.85. The van der Waals surface area contributed by atoms with Crippen LogP contribution in [0.3, 0.4) is 0 Å². The number of carboxylic acids is 1. The molecule has 4 nitrogen and oxygen atoms in total. The van der Waals surface area contributed by atoms with E-state index in [1.807, 2.05) is 13.8 Å². The van der Waals surface area contributed by atoms with Crippen LogP contribution in [0.25, 0.3) is 0 Å². The van der Waals surface area contributed by atoms with Crippen molar-refractivity contribution in [3.05, 3.63) is 29.3 Å². The molecule has 0 saturated carbocycles. The van der Waals surface area contributed by atoms with Crippen LogP contribution in [0.5, 0.6) is 5.75 Å². The molecule has 0 fully saturated rings. The molecule has 0 heterocycles. The van der Waals surface area contributed by atoms with Crippen molar-refractivity contribution in [1.29, 1.82) is 0 Å². The fraction of sp³-hybridized carbons (Fsp3) is 0.467. The van der Waals surface area contributed by atoms with Gasteiger partial charge < -0.3 is 9.84 Å². The lowest BCUT2D eigenvalue weighted by molar-refractivity contribution is -0.136. The molecule has 0 aromatic heterocycles. The monoisotopic (exact) mass is 296 g/mol. The second kappa shape index (κ2) is 7.94. The molecule has 1 aromatic carbocycles. The summed E-state index contributed by atoms with van der Waals surface area (Å²) in [6.45, 7) is 5.79. The molecule has 110 valence electrons. The Kier molecular flexibility index (Phi) is 6.58. The molecular formula is C15H20O4S. The van der Waals surface area contributed by atoms with Gasteiger partial charge in [-0.2, -0.15) is 0 Å². The second-order valence-electron chi connectivity index (χ2n) is 4.36. The van der Waals surface area contributed by atoms with Crippen molar-refractivity contribution in [1.82, 2.24) is 0 Å². The number of carbonyl (C=O) groups excluding carboxylic acids is 1. The molecule has 0 bridgehead atoms. The number of thioether (sulfide) groups is 1. The van der Waals surface area contributed by atoms with Crippen LogP contribution in [0.2, 0.25) is 0 Å². The normalized spacial score (nSPS) is 11.9. The molecule has 0 spiro atoms. The topological polar surface area (TPSA) is 63.6 Å². The van der Waals surface area contributed by atoms with E-state index in [4.69, 9.17) is 9.84 Å². The first-order valence-electron chi connectivity index (χ1n) is 6.60. The summed E-state index contributed by atoms with van der Waals surface area (Å²) in [5, 5.41) is 8.62. The number of ketones is 1. The highest BCUT2D eigenvalue weighted by molar-refractivity contribution is 7.99. The molecule has 0 saturated heterocycles. The minimum absolute atomic E-state index is 0.00965. The summed E-state index contributed by atoms with van der Waals surface area (Å²) < 4.78 is 5.53. The third-order valence-corrected chi connectivity index (χ3v) is 4.27. The molecule has 0 aliphatic rings. The molecule has 1 rings (SSSR count). The van der Waals surface area contributed by atoms with Gasteiger partial charge in [-0.15, -0.1) is 11.8 Å². The number of carbonyl (C=O) groups is 2. The van der Waals surface area contributed by atoms with Crippen molar-refractivity contribution in [2.24, 2.45) is 0 Å². The number of rotatable bonds is 8. The van der Waals surface area contributed by atoms with Gasteiger partial charge in [0, 0.05) is 16.9 Å². The number of benzene rings is 1. The summed E-state index contributed by atoms with van der Waals surface area (Å²) in [6.07, 6.45) is 0.566. The fourth-order valence-corrected chi connectivity index (χ4v) is 2.75. The summed E-state index contributed by atoms with van der Waals surface area (Å²) >= 11 is 1.35. The van der Waals surface area contributed by atoms with E-state index in [1.54, 1.807) is 18.2 Å². The van der Waals surface area contributed by atoms with Gasteiger partial charge in [0.1, 0.15) is 11.0 Å². The van der Waals surface area contributed by atoms with Crippen LogP contribution < -0.4 is 4.74 Å². The number of carboxylic acid groups (broad SMARTS) is 1. The first-order valence-corrected chi connectivity index (χ1v) is 7.65. The van der Waals surface area contributed by atoms with Crippen molar-refractivity contribution < 1.29 is 19.4 Å². The largest absolute Gasteiger partial charge is 0.494 e. The van der Waals surface area contributed by atoms with Crippen molar-refractivity contribution in [3.8, 4) is 5.75 Å². The fourth-order valence-electron chi connectivity index (χ4n) is 1.76. The Morgan fingerprint density at radius 3 is 2.55 bits per heavy atom. The van der Waals surface area contributed by atoms with E-state index in [2.05, 4.69) is 0 Å². The van der Waals surface area contributed by atoms with E-state index < -0.39 is 11.2 Å². The maximum Gasteiger partial charge on any atom is 0.316 e. The predicted octanol–water partition coefficient (Wildman–Crippen LogP) is 3.38. The Balaban J connectivity index is 2.92. The molecular weight excluding hydrogens is 276 g/mol. The lowest BCUT2D eigenvalue weighted by atomic mass is 10.1. The first kappa shape index (κ1) is 16.6. The highest BCUT2D eigenvalue weighted by atomic mass is 32.2. The van der Waals surface area contributed by atoms with Gasteiger partial charge in [-0.3, -0.25) is 9.59 Å². The Labute approximate surface area is 123 Å². The predicted molar refractivity (Wildman–Crippen MR) is 80.6 cm³/mol. The van der Waals surface area contributed by atoms with Gasteiger partial charge in [0.25, 0.3) is 0 Å². The summed E-state index contributed by atoms with van der Waals surface area (Å²) in [4.78, 5) is 22.5. The Morgan fingerprint density at radius 1 is 1.35 bits per heavy atom. The lowest BCUT2D eigenvalue weighted by Gasteiger charge is -2.13. The van der Waals surface area contributed by atoms with Crippen molar-refractivity contribution in [2.45, 2.75) is 38.2 Å². The lowest BCUT2D eigenvalue weighted by Crippen LogP contribution is -2.15. The van der Waals surface area contributed by atoms with E-state index >= 15 is 0 Å². The zero-order valence-electron chi connectivity index (χ0n) is 12.0. The van der Waals surface area contributed by atoms with E-state index in [1.165, 1.54) is 18.7 Å². The van der Waals surface area contributed by atoms with Crippen LogP contribution in [0.1, 0.15) is 43.1 Å². The van der Waals surface area contributed by atoms with Crippen LogP contribution in [-0.2, 0) is 10.5 Å². The van der Waals surface area contributed by atoms with Gasteiger partial charge in [0.15, 0.2) is 5.78 Å². The zero-order valence-corrected chi connectivity index (χ0v) is 12.8. The Hall–Kier alpha value is -1.49. The standard InChI is InChI=1S/C15H20O4S/c1-4-14(15(17)18)20-9-12-8-11(10(3)16)6-7-13(12)19-5-2/h6-8,14H,4-5,9H2,1-3H3,(H,17,18). The van der Waals surface area contributed by atoms with E-state index in [0.717, 1.165) is 5.56 Å². The molecule has 20 heavy (non-hydrogen) atoms. The number of Topliss-reactive ketones (excluding diaryl/α,β-unsaturated/α-hetero) is 1. The van der Waals surface area contributed by atoms with Gasteiger partial charge in [-0.25, -0.2) is 0 Å². The third kappa shape index (κ3) is 4.56. The SMILES string of the molecule is CCOc1ccc(C(C)=O)cc1CSC(CC)C(=O)O. The molecule has 1 N–H and O–H groups in total. The van der Waals surface area contributed by atoms with Crippen LogP contribution >= 0.6 is 11.8 Å². The molecule has 0 aliphatic carbocycles. The number of aliphatic carboxylic acids is 1. The van der Waals surface area contributed by atoms with Crippen LogP contribution in [0.4, 0.5) is 0 Å². The summed E-state index contributed by atoms with van der Waals surface area (Å²) in [7, 11) is 0. The van der Waals surface area contributed by atoms with Crippen LogP contribution in [-0.4, -0.2) is 28.7 Å². The quantitative estimate of drug-likeness (QED) is 0.745. The van der Waals surface area contributed by atoms with Gasteiger partial charge in [0.2, 0.25) is 0 Å². The molecule has 1 unspecified atom stereocenters.